The van der Waals surface area contributed by atoms with Crippen LogP contribution in [0.3, 0.4) is 0 Å². The number of morpholine rings is 1. The normalized spacial score (nSPS) is 24.6. The van der Waals surface area contributed by atoms with E-state index in [2.05, 4.69) is 17.2 Å². The molecular weight excluding hydrogens is 250 g/mol. The van der Waals surface area contributed by atoms with E-state index in [1.165, 1.54) is 0 Å². The first-order chi connectivity index (χ1) is 8.75. The number of hydrogen-bond acceptors (Lipinski definition) is 5. The molecule has 1 atom stereocenters. The van der Waals surface area contributed by atoms with Gasteiger partial charge in [0, 0.05) is 38.4 Å². The molecule has 0 radical (unpaired) electrons. The number of rotatable bonds is 3. The Balaban J connectivity index is 1.64. The van der Waals surface area contributed by atoms with Crippen LogP contribution < -0.4 is 5.32 Å². The molecule has 1 saturated heterocycles. The second kappa shape index (κ2) is 6.99. The topological polar surface area (TPSA) is 53.9 Å². The van der Waals surface area contributed by atoms with Gasteiger partial charge in [0.1, 0.15) is 0 Å². The van der Waals surface area contributed by atoms with E-state index in [1.54, 1.807) is 11.8 Å². The van der Waals surface area contributed by atoms with Gasteiger partial charge in [-0.15, -0.1) is 0 Å². The highest BCUT2D eigenvalue weighted by Crippen LogP contribution is 2.15. The lowest BCUT2D eigenvalue weighted by molar-refractivity contribution is -0.135. The number of ether oxygens (including phenoxy) is 1. The van der Waals surface area contributed by atoms with Gasteiger partial charge in [-0.2, -0.15) is 0 Å². The zero-order valence-electron chi connectivity index (χ0n) is 10.9. The fourth-order valence-corrected chi connectivity index (χ4v) is 2.83. The molecule has 2 rings (SSSR count). The van der Waals surface area contributed by atoms with Gasteiger partial charge in [0.2, 0.25) is 5.91 Å². The molecule has 5 nitrogen and oxygen atoms in total. The number of thioether (sulfide) groups is 1. The summed E-state index contributed by atoms with van der Waals surface area (Å²) in [6.45, 7) is 6.57. The maximum absolute atomic E-state index is 11.9. The number of amides is 1. The fourth-order valence-electron chi connectivity index (χ4n) is 1.91. The Kier molecular flexibility index (Phi) is 5.31. The quantitative estimate of drug-likeness (QED) is 0.815. The van der Waals surface area contributed by atoms with Crippen LogP contribution in [0.1, 0.15) is 13.3 Å². The number of hydrogen-bond donors (Lipinski definition) is 1. The van der Waals surface area contributed by atoms with E-state index in [4.69, 9.17) is 4.74 Å². The molecule has 0 aliphatic carbocycles. The minimum absolute atomic E-state index is 0.209. The van der Waals surface area contributed by atoms with Crippen molar-refractivity contribution in [2.45, 2.75) is 13.3 Å². The van der Waals surface area contributed by atoms with Crippen molar-refractivity contribution in [1.29, 1.82) is 0 Å². The van der Waals surface area contributed by atoms with E-state index in [9.17, 15) is 4.79 Å². The zero-order valence-corrected chi connectivity index (χ0v) is 11.7. The average Bonchev–Trinajstić information content (AvgIpc) is 2.42. The van der Waals surface area contributed by atoms with Gasteiger partial charge in [-0.25, -0.2) is 0 Å². The summed E-state index contributed by atoms with van der Waals surface area (Å²) >= 11 is 1.75. The molecule has 1 amide bonds. The van der Waals surface area contributed by atoms with Crippen molar-refractivity contribution in [3.05, 3.63) is 0 Å². The zero-order chi connectivity index (χ0) is 12.8. The number of amidine groups is 1. The summed E-state index contributed by atoms with van der Waals surface area (Å²) in [5.74, 6) is 1.99. The van der Waals surface area contributed by atoms with Crippen molar-refractivity contribution in [2.24, 2.45) is 10.9 Å². The number of nitrogens with zero attached hydrogens (tertiary/aromatic N) is 2. The van der Waals surface area contributed by atoms with Gasteiger partial charge in [0.15, 0.2) is 5.17 Å². The summed E-state index contributed by atoms with van der Waals surface area (Å²) in [7, 11) is 0. The molecule has 1 unspecified atom stereocenters. The van der Waals surface area contributed by atoms with Crippen LogP contribution in [-0.2, 0) is 9.53 Å². The van der Waals surface area contributed by atoms with Crippen molar-refractivity contribution in [3.8, 4) is 0 Å². The molecule has 1 N–H and O–H groups in total. The van der Waals surface area contributed by atoms with E-state index in [0.29, 0.717) is 32.1 Å². The van der Waals surface area contributed by atoms with Crippen LogP contribution in [0, 0.1) is 5.92 Å². The van der Waals surface area contributed by atoms with Crippen LogP contribution in [0.5, 0.6) is 0 Å². The Morgan fingerprint density at radius 2 is 2.33 bits per heavy atom. The minimum Gasteiger partial charge on any atom is -0.378 e. The fraction of sp³-hybridized carbons (Fsp3) is 0.833. The maximum Gasteiger partial charge on any atom is 0.224 e. The van der Waals surface area contributed by atoms with E-state index in [-0.39, 0.29) is 5.91 Å². The smallest absolute Gasteiger partial charge is 0.224 e. The summed E-state index contributed by atoms with van der Waals surface area (Å²) in [6.07, 6.45) is 0.537. The number of nitrogens with one attached hydrogen (secondary N) is 1. The van der Waals surface area contributed by atoms with Gasteiger partial charge in [-0.1, -0.05) is 18.7 Å². The van der Waals surface area contributed by atoms with Crippen LogP contribution in [0.2, 0.25) is 0 Å². The summed E-state index contributed by atoms with van der Waals surface area (Å²) in [4.78, 5) is 18.2. The lowest BCUT2D eigenvalue weighted by Gasteiger charge is -2.27. The first-order valence-electron chi connectivity index (χ1n) is 6.52. The van der Waals surface area contributed by atoms with E-state index < -0.39 is 0 Å². The van der Waals surface area contributed by atoms with Gasteiger partial charge in [0.05, 0.1) is 13.2 Å². The average molecular weight is 271 g/mol. The summed E-state index contributed by atoms with van der Waals surface area (Å²) in [5.41, 5.74) is 0. The first-order valence-corrected chi connectivity index (χ1v) is 7.51. The van der Waals surface area contributed by atoms with E-state index >= 15 is 0 Å². The predicted molar refractivity (Wildman–Crippen MR) is 73.9 cm³/mol. The molecule has 6 heteroatoms. The Labute approximate surface area is 112 Å². The van der Waals surface area contributed by atoms with Gasteiger partial charge < -0.3 is 15.0 Å². The number of carbonyl (C=O) groups excluding carboxylic acids is 1. The molecule has 102 valence electrons. The largest absolute Gasteiger partial charge is 0.378 e. The molecular formula is C12H21N3O2S. The lowest BCUT2D eigenvalue weighted by atomic mass is 10.2. The third-order valence-corrected chi connectivity index (χ3v) is 4.31. The third kappa shape index (κ3) is 4.17. The molecule has 0 spiro atoms. The molecule has 0 bridgehead atoms. The summed E-state index contributed by atoms with van der Waals surface area (Å²) < 4.78 is 5.23. The second-order valence-corrected chi connectivity index (χ2v) is 5.74. The second-order valence-electron chi connectivity index (χ2n) is 4.73. The van der Waals surface area contributed by atoms with Crippen LogP contribution in [-0.4, -0.2) is 61.1 Å². The molecule has 1 fully saturated rings. The minimum atomic E-state index is 0.209. The van der Waals surface area contributed by atoms with Gasteiger partial charge in [-0.05, 0) is 5.92 Å². The number of aliphatic imine (C=N–C) groups is 1. The molecule has 2 heterocycles. The monoisotopic (exact) mass is 271 g/mol. The standard InChI is InChI=1S/C12H21N3O2S/c1-10-8-14-12(18-9-10)13-3-2-11(16)15-4-6-17-7-5-15/h10H,2-9H2,1H3,(H,13,14). The van der Waals surface area contributed by atoms with Crippen molar-refractivity contribution in [1.82, 2.24) is 10.2 Å². The van der Waals surface area contributed by atoms with Gasteiger partial charge in [-0.3, -0.25) is 9.79 Å². The summed E-state index contributed by atoms with van der Waals surface area (Å²) in [5, 5.41) is 4.24. The Bertz CT molecular complexity index is 316. The Morgan fingerprint density at radius 3 is 3.00 bits per heavy atom. The third-order valence-electron chi connectivity index (χ3n) is 3.03. The van der Waals surface area contributed by atoms with Crippen molar-refractivity contribution >= 4 is 22.8 Å². The molecule has 2 aliphatic heterocycles. The van der Waals surface area contributed by atoms with Gasteiger partial charge >= 0.3 is 0 Å². The Hall–Kier alpha value is -0.750. The Morgan fingerprint density at radius 1 is 1.56 bits per heavy atom. The molecule has 0 aromatic heterocycles. The van der Waals surface area contributed by atoms with Crippen LogP contribution in [0.15, 0.2) is 4.99 Å². The van der Waals surface area contributed by atoms with Crippen LogP contribution in [0.25, 0.3) is 0 Å². The highest BCUT2D eigenvalue weighted by Gasteiger charge is 2.17. The first kappa shape index (κ1) is 13.7. The van der Waals surface area contributed by atoms with Crippen LogP contribution in [0.4, 0.5) is 0 Å². The highest BCUT2D eigenvalue weighted by atomic mass is 32.2. The molecule has 0 aromatic carbocycles. The van der Waals surface area contributed by atoms with Crippen molar-refractivity contribution < 1.29 is 9.53 Å². The molecule has 2 aliphatic rings. The summed E-state index contributed by atoms with van der Waals surface area (Å²) in [6, 6.07) is 0. The predicted octanol–water partition coefficient (Wildman–Crippen LogP) is 0.564. The van der Waals surface area contributed by atoms with E-state index in [1.807, 2.05) is 4.90 Å². The highest BCUT2D eigenvalue weighted by molar-refractivity contribution is 8.13. The molecule has 0 aromatic rings. The maximum atomic E-state index is 11.9. The van der Waals surface area contributed by atoms with E-state index in [0.717, 1.165) is 30.6 Å². The van der Waals surface area contributed by atoms with Crippen molar-refractivity contribution in [3.63, 3.8) is 0 Å². The molecule has 0 saturated carbocycles. The van der Waals surface area contributed by atoms with Crippen LogP contribution >= 0.6 is 11.8 Å². The number of carbonyl (C=O) groups is 1. The SMILES string of the molecule is CC1CN=C(NCCC(=O)N2CCOCC2)SC1. The van der Waals surface area contributed by atoms with Gasteiger partial charge in [0.25, 0.3) is 0 Å². The van der Waals surface area contributed by atoms with Crippen molar-refractivity contribution in [2.75, 3.05) is 45.1 Å². The lowest BCUT2D eigenvalue weighted by Crippen LogP contribution is -2.42. The molecule has 18 heavy (non-hydrogen) atoms.